The summed E-state index contributed by atoms with van der Waals surface area (Å²) < 4.78 is 5.85. The van der Waals surface area contributed by atoms with Crippen LogP contribution in [0.4, 0.5) is 11.9 Å². The van der Waals surface area contributed by atoms with Gasteiger partial charge in [-0.3, -0.25) is 0 Å². The van der Waals surface area contributed by atoms with Gasteiger partial charge in [-0.25, -0.2) is 0 Å². The largest absolute Gasteiger partial charge is 0.376 e. The Kier molecular flexibility index (Phi) is 6.45. The van der Waals surface area contributed by atoms with E-state index in [1.165, 1.54) is 0 Å². The summed E-state index contributed by atoms with van der Waals surface area (Å²) in [5.41, 5.74) is 0. The summed E-state index contributed by atoms with van der Waals surface area (Å²) in [6.07, 6.45) is 4.47. The van der Waals surface area contributed by atoms with Crippen LogP contribution in [0.25, 0.3) is 0 Å². The molecule has 6 nitrogen and oxygen atoms in total. The maximum atomic E-state index is 6.01. The van der Waals surface area contributed by atoms with Crippen molar-refractivity contribution in [1.82, 2.24) is 15.0 Å². The highest BCUT2D eigenvalue weighted by Crippen LogP contribution is 2.20. The Morgan fingerprint density at radius 1 is 1.29 bits per heavy atom. The van der Waals surface area contributed by atoms with Crippen LogP contribution >= 0.6 is 11.6 Å². The molecule has 1 N–H and O–H groups in total. The van der Waals surface area contributed by atoms with Gasteiger partial charge in [0.2, 0.25) is 17.2 Å². The lowest BCUT2D eigenvalue weighted by molar-refractivity contribution is 0.0437. The van der Waals surface area contributed by atoms with E-state index >= 15 is 0 Å². The average molecular weight is 314 g/mol. The van der Waals surface area contributed by atoms with Crippen molar-refractivity contribution >= 4 is 23.5 Å². The highest BCUT2D eigenvalue weighted by Gasteiger charge is 2.23. The van der Waals surface area contributed by atoms with E-state index in [2.05, 4.69) is 39.0 Å². The first-order valence-electron chi connectivity index (χ1n) is 7.75. The van der Waals surface area contributed by atoms with Crippen LogP contribution in [0.5, 0.6) is 0 Å². The average Bonchev–Trinajstić information content (AvgIpc) is 2.50. The van der Waals surface area contributed by atoms with Crippen LogP contribution in [0, 0.1) is 0 Å². The molecule has 1 atom stereocenters. The van der Waals surface area contributed by atoms with Gasteiger partial charge in [-0.1, -0.05) is 13.8 Å². The van der Waals surface area contributed by atoms with E-state index in [0.717, 1.165) is 51.9 Å². The minimum Gasteiger partial charge on any atom is -0.376 e. The first-order chi connectivity index (χ1) is 10.2. The van der Waals surface area contributed by atoms with Gasteiger partial charge in [-0.2, -0.15) is 15.0 Å². The predicted octanol–water partition coefficient (Wildman–Crippen LogP) is 2.74. The molecule has 0 amide bonds. The topological polar surface area (TPSA) is 63.2 Å². The van der Waals surface area contributed by atoms with E-state index in [1.807, 2.05) is 0 Å². The number of hydrogen-bond acceptors (Lipinski definition) is 6. The SMILES string of the molecule is CCCNc1nc(Cl)nc(N2CCCC(OCCC)C2)n1. The Morgan fingerprint density at radius 3 is 2.90 bits per heavy atom. The first-order valence-corrected chi connectivity index (χ1v) is 8.12. The van der Waals surface area contributed by atoms with Crippen molar-refractivity contribution in [2.75, 3.05) is 36.5 Å². The van der Waals surface area contributed by atoms with Crippen molar-refractivity contribution < 1.29 is 4.74 Å². The van der Waals surface area contributed by atoms with Crippen molar-refractivity contribution in [2.45, 2.75) is 45.6 Å². The minimum absolute atomic E-state index is 0.232. The molecule has 118 valence electrons. The molecule has 1 saturated heterocycles. The monoisotopic (exact) mass is 313 g/mol. The zero-order valence-electron chi connectivity index (χ0n) is 12.8. The van der Waals surface area contributed by atoms with Crippen molar-refractivity contribution in [3.63, 3.8) is 0 Å². The third-order valence-electron chi connectivity index (χ3n) is 3.35. The molecule has 1 aliphatic heterocycles. The molecule has 0 aromatic carbocycles. The summed E-state index contributed by atoms with van der Waals surface area (Å²) in [5, 5.41) is 3.39. The van der Waals surface area contributed by atoms with Gasteiger partial charge in [0.05, 0.1) is 6.10 Å². The van der Waals surface area contributed by atoms with E-state index in [9.17, 15) is 0 Å². The molecule has 0 aliphatic carbocycles. The lowest BCUT2D eigenvalue weighted by Gasteiger charge is -2.32. The van der Waals surface area contributed by atoms with E-state index < -0.39 is 0 Å². The zero-order chi connectivity index (χ0) is 15.1. The van der Waals surface area contributed by atoms with Crippen molar-refractivity contribution in [1.29, 1.82) is 0 Å². The second-order valence-corrected chi connectivity index (χ2v) is 5.57. The quantitative estimate of drug-likeness (QED) is 0.835. The number of piperidine rings is 1. The standard InChI is InChI=1S/C14H24ClN5O/c1-3-7-16-13-17-12(15)18-14(19-13)20-8-5-6-11(10-20)21-9-4-2/h11H,3-10H2,1-2H3,(H,16,17,18,19). The highest BCUT2D eigenvalue weighted by molar-refractivity contribution is 6.28. The molecule has 0 saturated carbocycles. The fourth-order valence-electron chi connectivity index (χ4n) is 2.34. The molecule has 2 rings (SSSR count). The van der Waals surface area contributed by atoms with Crippen molar-refractivity contribution in [2.24, 2.45) is 0 Å². The van der Waals surface area contributed by atoms with Gasteiger partial charge in [0.25, 0.3) is 0 Å². The van der Waals surface area contributed by atoms with Gasteiger partial charge in [-0.05, 0) is 37.3 Å². The lowest BCUT2D eigenvalue weighted by Crippen LogP contribution is -2.40. The zero-order valence-corrected chi connectivity index (χ0v) is 13.6. The molecule has 7 heteroatoms. The van der Waals surface area contributed by atoms with Crippen LogP contribution in [0.3, 0.4) is 0 Å². The highest BCUT2D eigenvalue weighted by atomic mass is 35.5. The number of halogens is 1. The van der Waals surface area contributed by atoms with Gasteiger partial charge in [-0.15, -0.1) is 0 Å². The Bertz CT molecular complexity index is 445. The first kappa shape index (κ1) is 16.2. The molecular weight excluding hydrogens is 290 g/mol. The van der Waals surface area contributed by atoms with E-state index in [-0.39, 0.29) is 11.4 Å². The summed E-state index contributed by atoms with van der Waals surface area (Å²) >= 11 is 6.01. The minimum atomic E-state index is 0.232. The molecular formula is C14H24ClN5O. The van der Waals surface area contributed by atoms with Gasteiger partial charge in [0, 0.05) is 26.2 Å². The molecule has 0 radical (unpaired) electrons. The van der Waals surface area contributed by atoms with Gasteiger partial charge in [0.15, 0.2) is 0 Å². The molecule has 1 aliphatic rings. The van der Waals surface area contributed by atoms with Crippen LogP contribution in [0.1, 0.15) is 39.5 Å². The van der Waals surface area contributed by atoms with Crippen LogP contribution < -0.4 is 10.2 Å². The van der Waals surface area contributed by atoms with E-state index in [0.29, 0.717) is 11.9 Å². The molecule has 1 fully saturated rings. The summed E-state index contributed by atoms with van der Waals surface area (Å²) in [6.45, 7) is 7.59. The molecule has 2 heterocycles. The molecule has 0 spiro atoms. The predicted molar refractivity (Wildman–Crippen MR) is 85.1 cm³/mol. The normalized spacial score (nSPS) is 18.8. The smallest absolute Gasteiger partial charge is 0.231 e. The number of rotatable bonds is 7. The van der Waals surface area contributed by atoms with Crippen LogP contribution in [0.15, 0.2) is 0 Å². The van der Waals surface area contributed by atoms with Crippen LogP contribution in [-0.2, 0) is 4.74 Å². The maximum absolute atomic E-state index is 6.01. The van der Waals surface area contributed by atoms with E-state index in [1.54, 1.807) is 0 Å². The third-order valence-corrected chi connectivity index (χ3v) is 3.52. The maximum Gasteiger partial charge on any atom is 0.231 e. The molecule has 0 bridgehead atoms. The molecule has 1 unspecified atom stereocenters. The molecule has 21 heavy (non-hydrogen) atoms. The van der Waals surface area contributed by atoms with Gasteiger partial charge in [0.1, 0.15) is 0 Å². The third kappa shape index (κ3) is 4.97. The second kappa shape index (κ2) is 8.34. The van der Waals surface area contributed by atoms with Gasteiger partial charge >= 0.3 is 0 Å². The van der Waals surface area contributed by atoms with Gasteiger partial charge < -0.3 is 15.0 Å². The summed E-state index contributed by atoms with van der Waals surface area (Å²) in [6, 6.07) is 0. The number of nitrogens with one attached hydrogen (secondary N) is 1. The number of ether oxygens (including phenoxy) is 1. The summed E-state index contributed by atoms with van der Waals surface area (Å²) in [4.78, 5) is 15.0. The fourth-order valence-corrected chi connectivity index (χ4v) is 2.49. The van der Waals surface area contributed by atoms with Crippen LogP contribution in [0.2, 0.25) is 5.28 Å². The Hall–Kier alpha value is -1.14. The summed E-state index contributed by atoms with van der Waals surface area (Å²) in [5.74, 6) is 1.18. The number of anilines is 2. The molecule has 1 aromatic rings. The van der Waals surface area contributed by atoms with Crippen LogP contribution in [-0.4, -0.2) is 47.3 Å². The number of aromatic nitrogens is 3. The summed E-state index contributed by atoms with van der Waals surface area (Å²) in [7, 11) is 0. The Balaban J connectivity index is 2.03. The Morgan fingerprint density at radius 2 is 2.14 bits per heavy atom. The number of nitrogens with zero attached hydrogens (tertiary/aromatic N) is 4. The lowest BCUT2D eigenvalue weighted by atomic mass is 10.1. The van der Waals surface area contributed by atoms with Crippen molar-refractivity contribution in [3.05, 3.63) is 5.28 Å². The van der Waals surface area contributed by atoms with E-state index in [4.69, 9.17) is 16.3 Å². The molecule has 1 aromatic heterocycles. The second-order valence-electron chi connectivity index (χ2n) is 5.24. The fraction of sp³-hybridized carbons (Fsp3) is 0.786. The Labute approximate surface area is 131 Å². The number of hydrogen-bond donors (Lipinski definition) is 1. The van der Waals surface area contributed by atoms with Crippen molar-refractivity contribution in [3.8, 4) is 0 Å².